The average molecular weight is 319 g/mol. The number of rotatable bonds is 1. The van der Waals surface area contributed by atoms with Gasteiger partial charge in [0.2, 0.25) is 0 Å². The minimum atomic E-state index is -0.474. The second-order valence-corrected chi connectivity index (χ2v) is 7.40. The van der Waals surface area contributed by atoms with Gasteiger partial charge in [0, 0.05) is 23.9 Å². The fourth-order valence-corrected chi connectivity index (χ4v) is 3.88. The Balaban J connectivity index is 1.79. The maximum Gasteiger partial charge on any atom is 0.255 e. The van der Waals surface area contributed by atoms with Crippen LogP contribution in [0.1, 0.15) is 30.6 Å². The zero-order valence-corrected chi connectivity index (χ0v) is 13.5. The molecular formula is C17H19ClN2O2. The number of halogens is 1. The molecule has 2 N–H and O–H groups in total. The van der Waals surface area contributed by atoms with E-state index in [0.717, 1.165) is 0 Å². The lowest BCUT2D eigenvalue weighted by Gasteiger charge is -2.53. The summed E-state index contributed by atoms with van der Waals surface area (Å²) in [7, 11) is 0. The van der Waals surface area contributed by atoms with Crippen molar-refractivity contribution in [2.45, 2.75) is 20.3 Å². The Hall–Kier alpha value is -1.81. The number of hydrogen-bond donors (Lipinski definition) is 1. The van der Waals surface area contributed by atoms with Crippen molar-refractivity contribution >= 4 is 23.3 Å². The molecule has 4 nitrogen and oxygen atoms in total. The van der Waals surface area contributed by atoms with Crippen molar-refractivity contribution in [2.24, 2.45) is 16.6 Å². The largest absolute Gasteiger partial charge is 0.396 e. The normalized spacial score (nSPS) is 22.2. The van der Waals surface area contributed by atoms with Crippen LogP contribution in [0.15, 0.2) is 36.0 Å². The molecule has 0 radical (unpaired) electrons. The summed E-state index contributed by atoms with van der Waals surface area (Å²) < 4.78 is 0. The molecule has 1 aromatic rings. The lowest BCUT2D eigenvalue weighted by Crippen LogP contribution is -2.61. The molecule has 1 amide bonds. The van der Waals surface area contributed by atoms with Gasteiger partial charge in [0.25, 0.3) is 5.91 Å². The number of benzene rings is 1. The summed E-state index contributed by atoms with van der Waals surface area (Å²) in [5.74, 6) is -0.0769. The maximum absolute atomic E-state index is 12.5. The number of hydrogen-bond acceptors (Lipinski definition) is 3. The smallest absolute Gasteiger partial charge is 0.255 e. The Labute approximate surface area is 134 Å². The van der Waals surface area contributed by atoms with E-state index in [9.17, 15) is 9.59 Å². The third-order valence-corrected chi connectivity index (χ3v) is 4.87. The fraction of sp³-hybridized carbons (Fsp3) is 0.412. The van der Waals surface area contributed by atoms with E-state index in [-0.39, 0.29) is 17.1 Å². The van der Waals surface area contributed by atoms with Crippen molar-refractivity contribution in [1.29, 1.82) is 0 Å². The average Bonchev–Trinajstić information content (AvgIpc) is 2.41. The van der Waals surface area contributed by atoms with Crippen molar-refractivity contribution in [1.82, 2.24) is 4.90 Å². The first-order chi connectivity index (χ1) is 10.2. The van der Waals surface area contributed by atoms with E-state index in [0.29, 0.717) is 35.8 Å². The highest BCUT2D eigenvalue weighted by Gasteiger charge is 2.51. The van der Waals surface area contributed by atoms with E-state index in [1.807, 2.05) is 19.9 Å². The molecular weight excluding hydrogens is 300 g/mol. The molecule has 1 aliphatic heterocycles. The van der Waals surface area contributed by atoms with E-state index < -0.39 is 5.41 Å². The molecule has 2 aliphatic rings. The molecule has 1 saturated heterocycles. The minimum absolute atomic E-state index is 0.00555. The molecule has 0 aromatic heterocycles. The molecule has 1 aliphatic carbocycles. The number of nitrogens with two attached hydrogens (primary N) is 1. The van der Waals surface area contributed by atoms with E-state index in [1.54, 1.807) is 29.2 Å². The Morgan fingerprint density at radius 1 is 1.27 bits per heavy atom. The van der Waals surface area contributed by atoms with Crippen LogP contribution in [0.5, 0.6) is 0 Å². The molecule has 22 heavy (non-hydrogen) atoms. The van der Waals surface area contributed by atoms with Crippen LogP contribution in [-0.2, 0) is 4.79 Å². The zero-order chi connectivity index (χ0) is 16.1. The monoisotopic (exact) mass is 318 g/mol. The number of Topliss-reactive ketones (excluding diaryl/α,β-unsaturated/α-hetero) is 1. The van der Waals surface area contributed by atoms with Gasteiger partial charge in [-0.2, -0.15) is 0 Å². The highest BCUT2D eigenvalue weighted by atomic mass is 35.5. The first kappa shape index (κ1) is 15.1. The van der Waals surface area contributed by atoms with Gasteiger partial charge in [0.15, 0.2) is 5.78 Å². The minimum Gasteiger partial charge on any atom is -0.396 e. The molecule has 1 spiro atoms. The SMILES string of the molecule is CC1(C)CC2(C=C(N)C1=O)CN(C(=O)c1ccccc1Cl)C2. The van der Waals surface area contributed by atoms with Crippen molar-refractivity contribution in [2.75, 3.05) is 13.1 Å². The van der Waals surface area contributed by atoms with Crippen LogP contribution < -0.4 is 5.73 Å². The van der Waals surface area contributed by atoms with Crippen molar-refractivity contribution < 1.29 is 9.59 Å². The first-order valence-corrected chi connectivity index (χ1v) is 7.69. The number of nitrogens with zero attached hydrogens (tertiary/aromatic N) is 1. The molecule has 1 heterocycles. The zero-order valence-electron chi connectivity index (χ0n) is 12.7. The molecule has 0 atom stereocenters. The van der Waals surface area contributed by atoms with Crippen molar-refractivity contribution in [3.63, 3.8) is 0 Å². The number of carbonyl (C=O) groups excluding carboxylic acids is 2. The summed E-state index contributed by atoms with van der Waals surface area (Å²) in [6.07, 6.45) is 2.56. The Kier molecular flexibility index (Phi) is 3.33. The molecule has 1 fully saturated rings. The van der Waals surface area contributed by atoms with Gasteiger partial charge in [-0.1, -0.05) is 37.6 Å². The van der Waals surface area contributed by atoms with Crippen LogP contribution in [0.3, 0.4) is 0 Å². The van der Waals surface area contributed by atoms with Gasteiger partial charge in [-0.3, -0.25) is 9.59 Å². The summed E-state index contributed by atoms with van der Waals surface area (Å²) in [4.78, 5) is 26.3. The van der Waals surface area contributed by atoms with E-state index in [2.05, 4.69) is 0 Å². The Bertz CT molecular complexity index is 688. The van der Waals surface area contributed by atoms with Crippen LogP contribution in [0.4, 0.5) is 0 Å². The Morgan fingerprint density at radius 3 is 2.50 bits per heavy atom. The van der Waals surface area contributed by atoms with Gasteiger partial charge in [-0.05, 0) is 24.6 Å². The van der Waals surface area contributed by atoms with Gasteiger partial charge in [-0.25, -0.2) is 0 Å². The number of allylic oxidation sites excluding steroid dienone is 1. The number of amides is 1. The second-order valence-electron chi connectivity index (χ2n) is 6.99. The molecule has 0 unspecified atom stereocenters. The number of likely N-dealkylation sites (tertiary alicyclic amines) is 1. The number of ketones is 1. The van der Waals surface area contributed by atoms with Gasteiger partial charge in [0.1, 0.15) is 0 Å². The Morgan fingerprint density at radius 2 is 1.91 bits per heavy atom. The van der Waals surface area contributed by atoms with E-state index in [1.165, 1.54) is 0 Å². The van der Waals surface area contributed by atoms with Crippen LogP contribution in [0, 0.1) is 10.8 Å². The van der Waals surface area contributed by atoms with Crippen LogP contribution in [0.2, 0.25) is 5.02 Å². The van der Waals surface area contributed by atoms with Crippen LogP contribution >= 0.6 is 11.6 Å². The predicted octanol–water partition coefficient (Wildman–Crippen LogP) is 2.62. The third-order valence-electron chi connectivity index (χ3n) is 4.54. The van der Waals surface area contributed by atoms with Gasteiger partial charge in [0.05, 0.1) is 16.3 Å². The van der Waals surface area contributed by atoms with E-state index >= 15 is 0 Å². The lowest BCUT2D eigenvalue weighted by molar-refractivity contribution is -0.127. The highest BCUT2D eigenvalue weighted by Crippen LogP contribution is 2.47. The van der Waals surface area contributed by atoms with Crippen LogP contribution in [0.25, 0.3) is 0 Å². The van der Waals surface area contributed by atoms with Gasteiger partial charge < -0.3 is 10.6 Å². The molecule has 0 saturated carbocycles. The fourth-order valence-electron chi connectivity index (χ4n) is 3.66. The first-order valence-electron chi connectivity index (χ1n) is 7.31. The van der Waals surface area contributed by atoms with E-state index in [4.69, 9.17) is 17.3 Å². The topological polar surface area (TPSA) is 63.4 Å². The summed E-state index contributed by atoms with van der Waals surface area (Å²) in [5, 5.41) is 0.461. The summed E-state index contributed by atoms with van der Waals surface area (Å²) in [6.45, 7) is 4.98. The van der Waals surface area contributed by atoms with Gasteiger partial charge in [-0.15, -0.1) is 0 Å². The molecule has 1 aromatic carbocycles. The molecule has 0 bridgehead atoms. The standard InChI is InChI=1S/C17H19ClN2O2/c1-16(2)8-17(7-13(19)14(16)21)9-20(10-17)15(22)11-5-3-4-6-12(11)18/h3-7H,8-10,19H2,1-2H3. The second kappa shape index (κ2) is 4.85. The highest BCUT2D eigenvalue weighted by molar-refractivity contribution is 6.33. The van der Waals surface area contributed by atoms with Gasteiger partial charge >= 0.3 is 0 Å². The van der Waals surface area contributed by atoms with Crippen molar-refractivity contribution in [3.8, 4) is 0 Å². The molecule has 116 valence electrons. The summed E-state index contributed by atoms with van der Waals surface area (Å²) in [5.41, 5.74) is 6.06. The lowest BCUT2D eigenvalue weighted by atomic mass is 9.62. The predicted molar refractivity (Wildman–Crippen MR) is 85.5 cm³/mol. The summed E-state index contributed by atoms with van der Waals surface area (Å²) in [6, 6.07) is 7.04. The summed E-state index contributed by atoms with van der Waals surface area (Å²) >= 11 is 6.09. The third kappa shape index (κ3) is 2.31. The van der Waals surface area contributed by atoms with Crippen molar-refractivity contribution in [3.05, 3.63) is 46.6 Å². The quantitative estimate of drug-likeness (QED) is 0.865. The number of carbonyl (C=O) groups is 2. The molecule has 3 rings (SSSR count). The van der Waals surface area contributed by atoms with Crippen LogP contribution in [-0.4, -0.2) is 29.7 Å². The molecule has 5 heteroatoms. The maximum atomic E-state index is 12.5.